The third-order valence-corrected chi connectivity index (χ3v) is 6.37. The van der Waals surface area contributed by atoms with Crippen molar-refractivity contribution in [2.75, 3.05) is 7.11 Å². The molecule has 2 heteroatoms. The Balaban J connectivity index is 2.03. The standard InChI is InChI=1S/C18H35NO/c1-5-14-7-6-8-15(13-14)16(19)18(20-4)11-9-17(2,3)10-12-18/h14-16H,5-13,19H2,1-4H3. The summed E-state index contributed by atoms with van der Waals surface area (Å²) in [6.07, 6.45) is 11.5. The molecular formula is C18H35NO. The maximum Gasteiger partial charge on any atom is 0.0831 e. The first kappa shape index (κ1) is 16.3. The molecule has 0 bridgehead atoms. The molecule has 0 aliphatic heterocycles. The Kier molecular flexibility index (Phi) is 5.18. The second-order valence-electron chi connectivity index (χ2n) is 8.16. The second-order valence-corrected chi connectivity index (χ2v) is 8.16. The molecule has 0 aromatic rings. The van der Waals surface area contributed by atoms with Gasteiger partial charge in [-0.25, -0.2) is 0 Å². The lowest BCUT2D eigenvalue weighted by Gasteiger charge is -2.49. The molecule has 2 nitrogen and oxygen atoms in total. The Labute approximate surface area is 125 Å². The van der Waals surface area contributed by atoms with Crippen LogP contribution in [0, 0.1) is 17.3 Å². The second kappa shape index (κ2) is 6.36. The summed E-state index contributed by atoms with van der Waals surface area (Å²) in [5.41, 5.74) is 7.18. The van der Waals surface area contributed by atoms with Crippen LogP contribution in [0.5, 0.6) is 0 Å². The Hall–Kier alpha value is -0.0800. The van der Waals surface area contributed by atoms with Crippen molar-refractivity contribution in [2.24, 2.45) is 23.0 Å². The van der Waals surface area contributed by atoms with E-state index in [1.165, 1.54) is 44.9 Å². The van der Waals surface area contributed by atoms with Crippen LogP contribution in [0.2, 0.25) is 0 Å². The van der Waals surface area contributed by atoms with Crippen molar-refractivity contribution in [1.29, 1.82) is 0 Å². The number of nitrogens with two attached hydrogens (primary N) is 1. The van der Waals surface area contributed by atoms with Gasteiger partial charge in [-0.2, -0.15) is 0 Å². The first-order valence-electron chi connectivity index (χ1n) is 8.73. The third kappa shape index (κ3) is 3.39. The molecule has 2 N–H and O–H groups in total. The van der Waals surface area contributed by atoms with Gasteiger partial charge in [0.1, 0.15) is 0 Å². The zero-order valence-electron chi connectivity index (χ0n) is 14.1. The summed E-state index contributed by atoms with van der Waals surface area (Å²) in [7, 11) is 1.89. The van der Waals surface area contributed by atoms with Crippen LogP contribution in [-0.2, 0) is 4.74 Å². The predicted molar refractivity (Wildman–Crippen MR) is 85.7 cm³/mol. The molecule has 0 radical (unpaired) electrons. The summed E-state index contributed by atoms with van der Waals surface area (Å²) in [6, 6.07) is 0.234. The molecule has 2 aliphatic rings. The van der Waals surface area contributed by atoms with Crippen molar-refractivity contribution in [3.8, 4) is 0 Å². The number of ether oxygens (including phenoxy) is 1. The van der Waals surface area contributed by atoms with Crippen molar-refractivity contribution in [1.82, 2.24) is 0 Å². The van der Waals surface area contributed by atoms with Crippen LogP contribution < -0.4 is 5.73 Å². The van der Waals surface area contributed by atoms with Gasteiger partial charge in [0.15, 0.2) is 0 Å². The van der Waals surface area contributed by atoms with E-state index < -0.39 is 0 Å². The highest BCUT2D eigenvalue weighted by molar-refractivity contribution is 5.00. The molecular weight excluding hydrogens is 246 g/mol. The highest BCUT2D eigenvalue weighted by Gasteiger charge is 2.46. The minimum Gasteiger partial charge on any atom is -0.377 e. The molecule has 118 valence electrons. The van der Waals surface area contributed by atoms with E-state index in [1.807, 2.05) is 7.11 Å². The summed E-state index contributed by atoms with van der Waals surface area (Å²) in [5.74, 6) is 1.57. The van der Waals surface area contributed by atoms with E-state index in [0.29, 0.717) is 11.3 Å². The first-order valence-corrected chi connectivity index (χ1v) is 8.73. The molecule has 2 aliphatic carbocycles. The normalized spacial score (nSPS) is 34.6. The lowest BCUT2D eigenvalue weighted by atomic mass is 9.64. The smallest absolute Gasteiger partial charge is 0.0831 e. The maximum absolute atomic E-state index is 6.75. The molecule has 20 heavy (non-hydrogen) atoms. The van der Waals surface area contributed by atoms with Crippen LogP contribution in [-0.4, -0.2) is 18.8 Å². The Morgan fingerprint density at radius 1 is 1.15 bits per heavy atom. The van der Waals surface area contributed by atoms with Gasteiger partial charge >= 0.3 is 0 Å². The summed E-state index contributed by atoms with van der Waals surface area (Å²) in [4.78, 5) is 0. The van der Waals surface area contributed by atoms with Gasteiger partial charge in [-0.15, -0.1) is 0 Å². The van der Waals surface area contributed by atoms with Gasteiger partial charge in [-0.05, 0) is 55.8 Å². The molecule has 2 rings (SSSR count). The number of hydrogen-bond acceptors (Lipinski definition) is 2. The Morgan fingerprint density at radius 3 is 2.35 bits per heavy atom. The molecule has 0 amide bonds. The first-order chi connectivity index (χ1) is 9.42. The average molecular weight is 281 g/mol. The van der Waals surface area contributed by atoms with E-state index in [2.05, 4.69) is 20.8 Å². The van der Waals surface area contributed by atoms with Crippen LogP contribution in [0.25, 0.3) is 0 Å². The van der Waals surface area contributed by atoms with E-state index in [9.17, 15) is 0 Å². The molecule has 0 heterocycles. The van der Waals surface area contributed by atoms with Crippen LogP contribution in [0.15, 0.2) is 0 Å². The lowest BCUT2D eigenvalue weighted by Crippen LogP contribution is -2.56. The highest BCUT2D eigenvalue weighted by Crippen LogP contribution is 2.46. The summed E-state index contributed by atoms with van der Waals surface area (Å²) < 4.78 is 6.03. The fourth-order valence-corrected chi connectivity index (χ4v) is 4.48. The third-order valence-electron chi connectivity index (χ3n) is 6.37. The lowest BCUT2D eigenvalue weighted by molar-refractivity contribution is -0.0943. The van der Waals surface area contributed by atoms with Gasteiger partial charge in [0.2, 0.25) is 0 Å². The number of hydrogen-bond donors (Lipinski definition) is 1. The highest BCUT2D eigenvalue weighted by atomic mass is 16.5. The maximum atomic E-state index is 6.75. The topological polar surface area (TPSA) is 35.2 Å². The van der Waals surface area contributed by atoms with Gasteiger partial charge in [0.05, 0.1) is 5.60 Å². The van der Waals surface area contributed by atoms with E-state index >= 15 is 0 Å². The van der Waals surface area contributed by atoms with Crippen LogP contribution in [0.3, 0.4) is 0 Å². The monoisotopic (exact) mass is 281 g/mol. The average Bonchev–Trinajstić information content (AvgIpc) is 2.47. The number of methoxy groups -OCH3 is 1. The van der Waals surface area contributed by atoms with Gasteiger partial charge in [-0.3, -0.25) is 0 Å². The van der Waals surface area contributed by atoms with Gasteiger partial charge in [0, 0.05) is 13.2 Å². The Bertz CT molecular complexity index is 303. The van der Waals surface area contributed by atoms with Gasteiger partial charge in [0.25, 0.3) is 0 Å². The van der Waals surface area contributed by atoms with E-state index in [1.54, 1.807) is 0 Å². The van der Waals surface area contributed by atoms with Crippen molar-refractivity contribution in [3.05, 3.63) is 0 Å². The molecule has 3 unspecified atom stereocenters. The molecule has 0 saturated heterocycles. The molecule has 2 saturated carbocycles. The fraction of sp³-hybridized carbons (Fsp3) is 1.00. The zero-order valence-corrected chi connectivity index (χ0v) is 14.1. The zero-order chi connectivity index (χ0) is 14.8. The summed E-state index contributed by atoms with van der Waals surface area (Å²) in [5, 5.41) is 0. The predicted octanol–water partition coefficient (Wildman–Crippen LogP) is 4.52. The fourth-order valence-electron chi connectivity index (χ4n) is 4.48. The summed E-state index contributed by atoms with van der Waals surface area (Å²) in [6.45, 7) is 7.09. The van der Waals surface area contributed by atoms with Crippen LogP contribution in [0.4, 0.5) is 0 Å². The molecule has 3 atom stereocenters. The van der Waals surface area contributed by atoms with E-state index in [4.69, 9.17) is 10.5 Å². The molecule has 0 aromatic carbocycles. The SMILES string of the molecule is CCC1CCCC(C(N)C2(OC)CCC(C)(C)CC2)C1. The van der Waals surface area contributed by atoms with E-state index in [-0.39, 0.29) is 11.6 Å². The van der Waals surface area contributed by atoms with Crippen molar-refractivity contribution >= 4 is 0 Å². The minimum atomic E-state index is -0.0458. The van der Waals surface area contributed by atoms with Crippen molar-refractivity contribution in [3.63, 3.8) is 0 Å². The Morgan fingerprint density at radius 2 is 1.80 bits per heavy atom. The molecule has 0 aromatic heterocycles. The van der Waals surface area contributed by atoms with Crippen molar-refractivity contribution < 1.29 is 4.74 Å². The van der Waals surface area contributed by atoms with Gasteiger partial charge in [-0.1, -0.05) is 40.0 Å². The van der Waals surface area contributed by atoms with Gasteiger partial charge < -0.3 is 10.5 Å². The molecule has 0 spiro atoms. The van der Waals surface area contributed by atoms with Crippen molar-refractivity contribution in [2.45, 2.75) is 90.2 Å². The molecule has 2 fully saturated rings. The van der Waals surface area contributed by atoms with E-state index in [0.717, 1.165) is 18.8 Å². The summed E-state index contributed by atoms with van der Waals surface area (Å²) >= 11 is 0. The van der Waals surface area contributed by atoms with Crippen LogP contribution >= 0.6 is 0 Å². The largest absolute Gasteiger partial charge is 0.377 e. The quantitative estimate of drug-likeness (QED) is 0.822. The minimum absolute atomic E-state index is 0.0458. The number of rotatable bonds is 4. The van der Waals surface area contributed by atoms with Crippen LogP contribution in [0.1, 0.15) is 78.6 Å².